The zero-order valence-corrected chi connectivity index (χ0v) is 16.4. The van der Waals surface area contributed by atoms with Crippen LogP contribution in [0.4, 0.5) is 13.2 Å². The Hall–Kier alpha value is -2.94. The molecular formula is C21H20F3N3O3. The van der Waals surface area contributed by atoms with Crippen LogP contribution in [0.1, 0.15) is 36.3 Å². The summed E-state index contributed by atoms with van der Waals surface area (Å²) < 4.78 is 52.4. The summed E-state index contributed by atoms with van der Waals surface area (Å²) in [7, 11) is 0. The number of nitrogens with zero attached hydrogens (tertiary/aromatic N) is 3. The van der Waals surface area contributed by atoms with E-state index in [1.165, 1.54) is 22.9 Å². The van der Waals surface area contributed by atoms with Gasteiger partial charge in [0.05, 0.1) is 30.1 Å². The van der Waals surface area contributed by atoms with Crippen molar-refractivity contribution < 1.29 is 27.1 Å². The third-order valence-corrected chi connectivity index (χ3v) is 5.19. The quantitative estimate of drug-likeness (QED) is 0.450. The number of oxazole rings is 1. The summed E-state index contributed by atoms with van der Waals surface area (Å²) in [4.78, 5) is 21.0. The van der Waals surface area contributed by atoms with Crippen LogP contribution in [0, 0.1) is 11.8 Å². The molecule has 0 saturated carbocycles. The first kappa shape index (κ1) is 20.3. The number of fused-ring (bicyclic) bond motifs is 1. The molecule has 9 heteroatoms. The molecule has 6 nitrogen and oxygen atoms in total. The average Bonchev–Trinajstić information content (AvgIpc) is 3.32. The molecule has 158 valence electrons. The first-order valence-corrected chi connectivity index (χ1v) is 9.53. The highest BCUT2D eigenvalue weighted by molar-refractivity contribution is 6.04. The molecule has 0 bridgehead atoms. The topological polar surface area (TPSA) is 69.6 Å². The molecule has 3 aromatic rings. The number of hydrogen-bond acceptors (Lipinski definition) is 5. The van der Waals surface area contributed by atoms with Gasteiger partial charge in [0.15, 0.2) is 12.2 Å². The summed E-state index contributed by atoms with van der Waals surface area (Å²) in [6, 6.07) is 0.946. The van der Waals surface area contributed by atoms with E-state index in [2.05, 4.69) is 9.97 Å². The maximum absolute atomic E-state index is 13.5. The van der Waals surface area contributed by atoms with Crippen molar-refractivity contribution in [2.75, 3.05) is 13.2 Å². The Morgan fingerprint density at radius 1 is 1.27 bits per heavy atom. The molecule has 3 aromatic heterocycles. The summed E-state index contributed by atoms with van der Waals surface area (Å²) in [6.45, 7) is 5.12. The van der Waals surface area contributed by atoms with Crippen molar-refractivity contribution >= 4 is 11.4 Å². The van der Waals surface area contributed by atoms with Crippen molar-refractivity contribution in [3.05, 3.63) is 54.0 Å². The highest BCUT2D eigenvalue weighted by atomic mass is 19.4. The summed E-state index contributed by atoms with van der Waals surface area (Å²) in [5.41, 5.74) is 0.355. The normalized spacial score (nSPS) is 21.8. The molecule has 2 atom stereocenters. The maximum atomic E-state index is 13.5. The SMILES string of the molecule is CC1COCC(C)/C(=C\C(=O)c2cnc3c(-c4cnco4)cc(C(F)(F)F)cn23)C1. The van der Waals surface area contributed by atoms with Gasteiger partial charge in [0, 0.05) is 18.7 Å². The van der Waals surface area contributed by atoms with E-state index in [0.29, 0.717) is 19.6 Å². The van der Waals surface area contributed by atoms with Gasteiger partial charge in [-0.1, -0.05) is 19.4 Å². The molecule has 1 aliphatic rings. The Morgan fingerprint density at radius 3 is 2.77 bits per heavy atom. The van der Waals surface area contributed by atoms with Crippen LogP contribution in [-0.4, -0.2) is 33.4 Å². The number of hydrogen-bond donors (Lipinski definition) is 0. The van der Waals surface area contributed by atoms with E-state index in [0.717, 1.165) is 24.2 Å². The monoisotopic (exact) mass is 419 g/mol. The van der Waals surface area contributed by atoms with Crippen LogP contribution < -0.4 is 0 Å². The van der Waals surface area contributed by atoms with Gasteiger partial charge in [-0.15, -0.1) is 0 Å². The number of rotatable bonds is 3. The van der Waals surface area contributed by atoms with Crippen LogP contribution in [0.2, 0.25) is 0 Å². The second-order valence-electron chi connectivity index (χ2n) is 7.67. The summed E-state index contributed by atoms with van der Waals surface area (Å²) in [6.07, 6.45) is 2.21. The minimum Gasteiger partial charge on any atom is -0.443 e. The van der Waals surface area contributed by atoms with E-state index in [1.54, 1.807) is 0 Å². The smallest absolute Gasteiger partial charge is 0.417 e. The van der Waals surface area contributed by atoms with Gasteiger partial charge in [0.25, 0.3) is 0 Å². The lowest BCUT2D eigenvalue weighted by Crippen LogP contribution is -2.11. The van der Waals surface area contributed by atoms with Crippen molar-refractivity contribution in [2.24, 2.45) is 11.8 Å². The minimum atomic E-state index is -4.60. The second kappa shape index (κ2) is 7.71. The van der Waals surface area contributed by atoms with Gasteiger partial charge < -0.3 is 9.15 Å². The van der Waals surface area contributed by atoms with Gasteiger partial charge in [-0.2, -0.15) is 13.2 Å². The molecule has 0 spiro atoms. The molecule has 2 unspecified atom stereocenters. The highest BCUT2D eigenvalue weighted by Crippen LogP contribution is 2.35. The molecule has 4 rings (SSSR count). The molecule has 1 aliphatic heterocycles. The Morgan fingerprint density at radius 2 is 2.07 bits per heavy atom. The molecule has 1 fully saturated rings. The molecule has 1 saturated heterocycles. The Bertz CT molecular complexity index is 1100. The number of allylic oxidation sites excluding steroid dienone is 1. The molecule has 0 aromatic carbocycles. The largest absolute Gasteiger partial charge is 0.443 e. The maximum Gasteiger partial charge on any atom is 0.417 e. The summed E-state index contributed by atoms with van der Waals surface area (Å²) in [5.74, 6) is 0.0401. The van der Waals surface area contributed by atoms with Crippen LogP contribution in [0.5, 0.6) is 0 Å². The third-order valence-electron chi connectivity index (χ3n) is 5.19. The first-order valence-electron chi connectivity index (χ1n) is 9.53. The van der Waals surface area contributed by atoms with Gasteiger partial charge >= 0.3 is 6.18 Å². The molecule has 30 heavy (non-hydrogen) atoms. The van der Waals surface area contributed by atoms with E-state index in [-0.39, 0.29) is 34.5 Å². The number of alkyl halides is 3. The molecule has 0 radical (unpaired) electrons. The zero-order chi connectivity index (χ0) is 21.5. The predicted octanol–water partition coefficient (Wildman–Crippen LogP) is 4.81. The fraction of sp³-hybridized carbons (Fsp3) is 0.381. The van der Waals surface area contributed by atoms with E-state index in [1.807, 2.05) is 13.8 Å². The van der Waals surface area contributed by atoms with Crippen molar-refractivity contribution in [3.8, 4) is 11.3 Å². The number of pyridine rings is 1. The molecule has 0 aliphatic carbocycles. The Labute approximate surface area is 170 Å². The van der Waals surface area contributed by atoms with Crippen LogP contribution >= 0.6 is 0 Å². The Kier molecular flexibility index (Phi) is 5.23. The standard InChI is InChI=1S/C21H20F3N3O3/c1-12-3-14(13(2)10-29-9-12)4-18(28)17-6-26-20-16(19-7-25-11-30-19)5-15(8-27(17)20)21(22,23)24/h4-8,11-13H,3,9-10H2,1-2H3/b14-4-. The number of halogens is 3. The predicted molar refractivity (Wildman–Crippen MR) is 102 cm³/mol. The number of carbonyl (C=O) groups excluding carboxylic acids is 1. The number of imidazole rings is 1. The zero-order valence-electron chi connectivity index (χ0n) is 16.4. The number of aromatic nitrogens is 3. The van der Waals surface area contributed by atoms with Crippen molar-refractivity contribution in [2.45, 2.75) is 26.4 Å². The molecular weight excluding hydrogens is 399 g/mol. The molecule has 4 heterocycles. The van der Waals surface area contributed by atoms with Crippen LogP contribution in [0.15, 0.2) is 47.1 Å². The van der Waals surface area contributed by atoms with Gasteiger partial charge in [0.1, 0.15) is 11.3 Å². The van der Waals surface area contributed by atoms with Crippen molar-refractivity contribution in [1.29, 1.82) is 0 Å². The van der Waals surface area contributed by atoms with E-state index in [4.69, 9.17) is 9.15 Å². The van der Waals surface area contributed by atoms with Gasteiger partial charge in [0.2, 0.25) is 5.78 Å². The Balaban J connectivity index is 1.83. The molecule has 0 N–H and O–H groups in total. The van der Waals surface area contributed by atoms with E-state index < -0.39 is 17.5 Å². The average molecular weight is 419 g/mol. The van der Waals surface area contributed by atoms with Gasteiger partial charge in [-0.3, -0.25) is 9.20 Å². The fourth-order valence-corrected chi connectivity index (χ4v) is 3.61. The van der Waals surface area contributed by atoms with Gasteiger partial charge in [-0.25, -0.2) is 9.97 Å². The van der Waals surface area contributed by atoms with Crippen LogP contribution in [-0.2, 0) is 10.9 Å². The van der Waals surface area contributed by atoms with E-state index in [9.17, 15) is 18.0 Å². The van der Waals surface area contributed by atoms with Crippen molar-refractivity contribution in [3.63, 3.8) is 0 Å². The molecule has 0 amide bonds. The lowest BCUT2D eigenvalue weighted by molar-refractivity contribution is -0.137. The van der Waals surface area contributed by atoms with Crippen molar-refractivity contribution in [1.82, 2.24) is 14.4 Å². The highest BCUT2D eigenvalue weighted by Gasteiger charge is 2.33. The lowest BCUT2D eigenvalue weighted by atomic mass is 9.92. The minimum absolute atomic E-state index is 0.0496. The van der Waals surface area contributed by atoms with E-state index >= 15 is 0 Å². The number of carbonyl (C=O) groups is 1. The van der Waals surface area contributed by atoms with Crippen LogP contribution in [0.25, 0.3) is 17.0 Å². The third kappa shape index (κ3) is 3.89. The fourth-order valence-electron chi connectivity index (χ4n) is 3.61. The van der Waals surface area contributed by atoms with Crippen LogP contribution in [0.3, 0.4) is 0 Å². The number of ether oxygens (including phenoxy) is 1. The second-order valence-corrected chi connectivity index (χ2v) is 7.67. The lowest BCUT2D eigenvalue weighted by Gasteiger charge is -2.13. The first-order chi connectivity index (χ1) is 14.2. The van der Waals surface area contributed by atoms with Gasteiger partial charge in [-0.05, 0) is 24.5 Å². The summed E-state index contributed by atoms with van der Waals surface area (Å²) >= 11 is 0. The number of ketones is 1. The summed E-state index contributed by atoms with van der Waals surface area (Å²) in [5, 5.41) is 0.